The largest absolute Gasteiger partial charge is 0.497 e. The summed E-state index contributed by atoms with van der Waals surface area (Å²) >= 11 is 0. The summed E-state index contributed by atoms with van der Waals surface area (Å²) < 4.78 is 10.7. The van der Waals surface area contributed by atoms with Gasteiger partial charge >= 0.3 is 0 Å². The highest BCUT2D eigenvalue weighted by Crippen LogP contribution is 2.60. The predicted molar refractivity (Wildman–Crippen MR) is 117 cm³/mol. The van der Waals surface area contributed by atoms with Gasteiger partial charge in [-0.3, -0.25) is 9.59 Å². The minimum Gasteiger partial charge on any atom is -0.497 e. The van der Waals surface area contributed by atoms with Crippen LogP contribution in [0.25, 0.3) is 0 Å². The molecular weight excluding hydrogens is 390 g/mol. The fourth-order valence-electron chi connectivity index (χ4n) is 7.19. The average molecular weight is 418 g/mol. The Balaban J connectivity index is 1.38. The van der Waals surface area contributed by atoms with Gasteiger partial charge in [0.25, 0.3) is 11.8 Å². The SMILES string of the molecule is COc1cc(OC)cc(N2C(=O)c3ccc(C45CC6CC(CC(C6)C4)C5)cc3C2=O)c1. The molecule has 4 saturated carbocycles. The Kier molecular flexibility index (Phi) is 4.02. The van der Waals surface area contributed by atoms with E-state index < -0.39 is 0 Å². The summed E-state index contributed by atoms with van der Waals surface area (Å²) in [6.07, 6.45) is 7.84. The van der Waals surface area contributed by atoms with Gasteiger partial charge < -0.3 is 9.47 Å². The van der Waals surface area contributed by atoms with Crippen molar-refractivity contribution < 1.29 is 19.1 Å². The van der Waals surface area contributed by atoms with Gasteiger partial charge in [0.1, 0.15) is 11.5 Å². The Hall–Kier alpha value is -2.82. The van der Waals surface area contributed by atoms with E-state index >= 15 is 0 Å². The van der Waals surface area contributed by atoms with Gasteiger partial charge in [0.2, 0.25) is 0 Å². The van der Waals surface area contributed by atoms with Crippen LogP contribution >= 0.6 is 0 Å². The number of methoxy groups -OCH3 is 2. The number of hydrogen-bond donors (Lipinski definition) is 0. The molecule has 1 heterocycles. The van der Waals surface area contributed by atoms with Gasteiger partial charge in [0, 0.05) is 18.2 Å². The number of amides is 2. The number of hydrogen-bond acceptors (Lipinski definition) is 4. The maximum absolute atomic E-state index is 13.4. The molecule has 1 aliphatic heterocycles. The Morgan fingerprint density at radius 2 is 1.32 bits per heavy atom. The lowest BCUT2D eigenvalue weighted by Gasteiger charge is -2.57. The first kappa shape index (κ1) is 18.9. The minimum atomic E-state index is -0.285. The van der Waals surface area contributed by atoms with Crippen LogP contribution in [0.1, 0.15) is 64.8 Å². The molecule has 2 aromatic rings. The topological polar surface area (TPSA) is 55.8 Å². The van der Waals surface area contributed by atoms with Crippen LogP contribution in [0.4, 0.5) is 5.69 Å². The summed E-state index contributed by atoms with van der Waals surface area (Å²) in [5.74, 6) is 3.03. The van der Waals surface area contributed by atoms with Crippen molar-refractivity contribution in [2.75, 3.05) is 19.1 Å². The van der Waals surface area contributed by atoms with Crippen LogP contribution in [-0.2, 0) is 5.41 Å². The van der Waals surface area contributed by atoms with E-state index in [0.717, 1.165) is 17.8 Å². The summed E-state index contributed by atoms with van der Waals surface area (Å²) in [4.78, 5) is 27.8. The minimum absolute atomic E-state index is 0.194. The van der Waals surface area contributed by atoms with Gasteiger partial charge in [-0.2, -0.15) is 0 Å². The second-order valence-electron chi connectivity index (χ2n) is 9.97. The number of imide groups is 1. The van der Waals surface area contributed by atoms with Crippen LogP contribution in [0.15, 0.2) is 36.4 Å². The summed E-state index contributed by atoms with van der Waals surface area (Å²) in [7, 11) is 3.11. The van der Waals surface area contributed by atoms with Crippen LogP contribution < -0.4 is 14.4 Å². The standard InChI is InChI=1S/C26H27NO4/c1-30-20-9-19(10-21(11-20)31-2)27-24(28)22-4-3-18(8-23(22)25(27)29)26-12-15-5-16(13-26)7-17(6-15)14-26/h3-4,8-11,15-17H,5-7,12-14H2,1-2H3. The van der Waals surface area contributed by atoms with Crippen LogP contribution in [0, 0.1) is 17.8 Å². The Labute approximate surface area is 182 Å². The van der Waals surface area contributed by atoms with Crippen LogP contribution in [-0.4, -0.2) is 26.0 Å². The highest BCUT2D eigenvalue weighted by atomic mass is 16.5. The van der Waals surface area contributed by atoms with Crippen molar-refractivity contribution >= 4 is 17.5 Å². The van der Waals surface area contributed by atoms with E-state index in [1.165, 1.54) is 49.0 Å². The van der Waals surface area contributed by atoms with Crippen LogP contribution in [0.3, 0.4) is 0 Å². The fraction of sp³-hybridized carbons (Fsp3) is 0.462. The third kappa shape index (κ3) is 2.75. The molecule has 0 saturated heterocycles. The first-order valence-corrected chi connectivity index (χ1v) is 11.3. The summed E-state index contributed by atoms with van der Waals surface area (Å²) in [5.41, 5.74) is 2.94. The lowest BCUT2D eigenvalue weighted by atomic mass is 9.48. The number of ether oxygens (including phenoxy) is 2. The van der Waals surface area contributed by atoms with Crippen LogP contribution in [0.2, 0.25) is 0 Å². The third-order valence-electron chi connectivity index (χ3n) is 8.13. The maximum Gasteiger partial charge on any atom is 0.266 e. The maximum atomic E-state index is 13.4. The van der Waals surface area contributed by atoms with E-state index in [9.17, 15) is 9.59 Å². The molecule has 2 aromatic carbocycles. The molecule has 0 aromatic heterocycles. The molecule has 0 atom stereocenters. The molecule has 0 N–H and O–H groups in total. The zero-order valence-corrected chi connectivity index (χ0v) is 18.0. The van der Waals surface area contributed by atoms with Crippen molar-refractivity contribution in [2.45, 2.75) is 43.9 Å². The molecule has 4 aliphatic carbocycles. The molecule has 2 amide bonds. The molecule has 5 aliphatic rings. The van der Waals surface area contributed by atoms with Crippen molar-refractivity contribution in [3.8, 4) is 11.5 Å². The van der Waals surface area contributed by atoms with Gasteiger partial charge in [-0.15, -0.1) is 0 Å². The normalized spacial score (nSPS) is 30.6. The van der Waals surface area contributed by atoms with Gasteiger partial charge in [-0.05, 0) is 79.4 Å². The molecule has 5 nitrogen and oxygen atoms in total. The van der Waals surface area contributed by atoms with E-state index in [1.54, 1.807) is 32.4 Å². The van der Waals surface area contributed by atoms with Gasteiger partial charge in [-0.1, -0.05) is 6.07 Å². The number of fused-ring (bicyclic) bond motifs is 1. The van der Waals surface area contributed by atoms with Gasteiger partial charge in [-0.25, -0.2) is 4.90 Å². The van der Waals surface area contributed by atoms with Gasteiger partial charge in [0.05, 0.1) is 31.0 Å². The number of rotatable bonds is 4. The molecule has 4 bridgehead atoms. The third-order valence-corrected chi connectivity index (χ3v) is 8.13. The van der Waals surface area contributed by atoms with E-state index in [4.69, 9.17) is 9.47 Å². The van der Waals surface area contributed by atoms with Crippen molar-refractivity contribution in [3.05, 3.63) is 53.1 Å². The summed E-state index contributed by atoms with van der Waals surface area (Å²) in [5, 5.41) is 0. The van der Waals surface area contributed by atoms with E-state index in [1.807, 2.05) is 12.1 Å². The van der Waals surface area contributed by atoms with Crippen molar-refractivity contribution in [3.63, 3.8) is 0 Å². The van der Waals surface area contributed by atoms with E-state index in [-0.39, 0.29) is 17.2 Å². The fourth-order valence-corrected chi connectivity index (χ4v) is 7.19. The van der Waals surface area contributed by atoms with Gasteiger partial charge in [0.15, 0.2) is 0 Å². The monoisotopic (exact) mass is 417 g/mol. The smallest absolute Gasteiger partial charge is 0.266 e. The molecule has 4 fully saturated rings. The van der Waals surface area contributed by atoms with Crippen molar-refractivity contribution in [2.24, 2.45) is 17.8 Å². The zero-order valence-electron chi connectivity index (χ0n) is 18.0. The molecule has 0 unspecified atom stereocenters. The number of nitrogens with zero attached hydrogens (tertiary/aromatic N) is 1. The Morgan fingerprint density at radius 3 is 1.87 bits per heavy atom. The number of benzene rings is 2. The molecule has 31 heavy (non-hydrogen) atoms. The van der Waals surface area contributed by atoms with E-state index in [0.29, 0.717) is 28.3 Å². The van der Waals surface area contributed by atoms with E-state index in [2.05, 4.69) is 6.07 Å². The average Bonchev–Trinajstić information content (AvgIpc) is 3.02. The molecule has 5 heteroatoms. The predicted octanol–water partition coefficient (Wildman–Crippen LogP) is 4.97. The molecule has 0 radical (unpaired) electrons. The second kappa shape index (κ2) is 6.59. The summed E-state index contributed by atoms with van der Waals surface area (Å²) in [6.45, 7) is 0. The molecule has 160 valence electrons. The van der Waals surface area contributed by atoms with Crippen molar-refractivity contribution in [1.82, 2.24) is 0 Å². The highest BCUT2D eigenvalue weighted by Gasteiger charge is 2.52. The number of carbonyl (C=O) groups excluding carboxylic acids is 2. The lowest BCUT2D eigenvalue weighted by molar-refractivity contribution is -0.00520. The molecular formula is C26H27NO4. The first-order chi connectivity index (χ1) is 15.0. The summed E-state index contributed by atoms with van der Waals surface area (Å²) in [6, 6.07) is 11.1. The Morgan fingerprint density at radius 1 is 0.774 bits per heavy atom. The number of carbonyl (C=O) groups is 2. The Bertz CT molecular complexity index is 1050. The lowest BCUT2D eigenvalue weighted by Crippen LogP contribution is -2.48. The second-order valence-corrected chi connectivity index (χ2v) is 9.97. The van der Waals surface area contributed by atoms with Crippen molar-refractivity contribution in [1.29, 1.82) is 0 Å². The highest BCUT2D eigenvalue weighted by molar-refractivity contribution is 6.34. The molecule has 0 spiro atoms. The molecule has 7 rings (SSSR count). The first-order valence-electron chi connectivity index (χ1n) is 11.3. The quantitative estimate of drug-likeness (QED) is 0.659. The van der Waals surface area contributed by atoms with Crippen LogP contribution in [0.5, 0.6) is 11.5 Å². The zero-order chi connectivity index (χ0) is 21.3. The number of anilines is 1.